The molecule has 11 aromatic carbocycles. The summed E-state index contributed by atoms with van der Waals surface area (Å²) in [7, 11) is 0. The monoisotopic (exact) mass is 789 g/mol. The molecule has 0 unspecified atom stereocenters. The fraction of sp³-hybridized carbons (Fsp3) is 0. The van der Waals surface area contributed by atoms with Crippen molar-refractivity contribution in [1.82, 2.24) is 0 Å². The van der Waals surface area contributed by atoms with Crippen molar-refractivity contribution in [2.24, 2.45) is 0 Å². The molecule has 12 aromatic rings. The number of hydrogen-bond donors (Lipinski definition) is 0. The Balaban J connectivity index is 0.904. The second-order valence-electron chi connectivity index (χ2n) is 16.2. The van der Waals surface area contributed by atoms with E-state index in [-0.39, 0.29) is 0 Å². The van der Waals surface area contributed by atoms with E-state index in [1.54, 1.807) is 0 Å². The van der Waals surface area contributed by atoms with Crippen molar-refractivity contribution in [3.8, 4) is 44.7 Å². The zero-order chi connectivity index (χ0) is 41.0. The van der Waals surface area contributed by atoms with Crippen LogP contribution >= 0.6 is 0 Å². The van der Waals surface area contributed by atoms with Gasteiger partial charge in [0, 0.05) is 28.0 Å². The number of rotatable bonds is 7. The predicted molar refractivity (Wildman–Crippen MR) is 263 cm³/mol. The molecule has 0 saturated carbocycles. The van der Waals surface area contributed by atoms with E-state index in [1.165, 1.54) is 70.9 Å². The van der Waals surface area contributed by atoms with Gasteiger partial charge in [0.05, 0.1) is 0 Å². The van der Waals surface area contributed by atoms with Gasteiger partial charge in [-0.15, -0.1) is 0 Å². The molecule has 2 heteroatoms. The summed E-state index contributed by atoms with van der Waals surface area (Å²) in [6.07, 6.45) is 0. The van der Waals surface area contributed by atoms with Gasteiger partial charge in [-0.2, -0.15) is 0 Å². The SMILES string of the molecule is c1cc(-c2ccc3cc(N(c4ccc(-c5ccc(-c6cccc7ccccc67)cc5)cc4)c4ccc5c(ccc6ccccc65)c4)ccc3c2)cc(-c2cc3ccccc3o2)c1. The van der Waals surface area contributed by atoms with Gasteiger partial charge in [0.25, 0.3) is 0 Å². The molecule has 0 spiro atoms. The first kappa shape index (κ1) is 35.7. The number of furan rings is 1. The van der Waals surface area contributed by atoms with E-state index in [0.29, 0.717) is 0 Å². The maximum atomic E-state index is 6.22. The van der Waals surface area contributed by atoms with E-state index in [1.807, 2.05) is 18.2 Å². The summed E-state index contributed by atoms with van der Waals surface area (Å²) in [6.45, 7) is 0. The van der Waals surface area contributed by atoms with Crippen LogP contribution in [0.5, 0.6) is 0 Å². The quantitative estimate of drug-likeness (QED) is 0.150. The van der Waals surface area contributed by atoms with E-state index >= 15 is 0 Å². The standard InChI is InChI=1S/C60H39NO/c1-4-15-55-42(9-1)12-8-17-57(55)44-21-19-40(20-22-44)41-27-30-52(31-28-41)61(54-33-34-58-49(38-54)26-23-43-10-2-5-16-56(43)58)53-32-29-47-35-46(24-25-48(47)37-53)45-13-7-14-50(36-45)60-39-51-11-3-6-18-59(51)62-60/h1-39H. The fourth-order valence-corrected chi connectivity index (χ4v) is 9.24. The molecular weight excluding hydrogens is 751 g/mol. The number of benzene rings is 11. The topological polar surface area (TPSA) is 16.4 Å². The maximum absolute atomic E-state index is 6.22. The third kappa shape index (κ3) is 6.38. The minimum atomic E-state index is 0.878. The number of fused-ring (bicyclic) bond motifs is 6. The van der Waals surface area contributed by atoms with Crippen LogP contribution in [0, 0.1) is 0 Å². The van der Waals surface area contributed by atoms with Crippen molar-refractivity contribution < 1.29 is 4.42 Å². The number of para-hydroxylation sites is 1. The Hall–Kier alpha value is -8.20. The van der Waals surface area contributed by atoms with E-state index in [2.05, 4.69) is 223 Å². The van der Waals surface area contributed by atoms with Crippen LogP contribution in [0.4, 0.5) is 17.1 Å². The van der Waals surface area contributed by atoms with Gasteiger partial charge in [-0.1, -0.05) is 176 Å². The smallest absolute Gasteiger partial charge is 0.135 e. The van der Waals surface area contributed by atoms with E-state index in [4.69, 9.17) is 4.42 Å². The summed E-state index contributed by atoms with van der Waals surface area (Å²) in [5.41, 5.74) is 12.4. The zero-order valence-electron chi connectivity index (χ0n) is 33.9. The van der Waals surface area contributed by atoms with Crippen LogP contribution in [0.1, 0.15) is 0 Å². The summed E-state index contributed by atoms with van der Waals surface area (Å²) in [5.74, 6) is 0.878. The largest absolute Gasteiger partial charge is 0.456 e. The molecule has 0 saturated heterocycles. The number of nitrogens with zero attached hydrogens (tertiary/aromatic N) is 1. The van der Waals surface area contributed by atoms with Crippen molar-refractivity contribution in [3.05, 3.63) is 237 Å². The minimum Gasteiger partial charge on any atom is -0.456 e. The molecule has 0 aliphatic heterocycles. The number of anilines is 3. The van der Waals surface area contributed by atoms with Crippen molar-refractivity contribution in [2.75, 3.05) is 4.90 Å². The lowest BCUT2D eigenvalue weighted by atomic mass is 9.96. The van der Waals surface area contributed by atoms with E-state index in [9.17, 15) is 0 Å². The first-order valence-corrected chi connectivity index (χ1v) is 21.2. The van der Waals surface area contributed by atoms with Crippen LogP contribution in [0.25, 0.3) is 98.8 Å². The Morgan fingerprint density at radius 3 is 1.60 bits per heavy atom. The Morgan fingerprint density at radius 2 is 0.774 bits per heavy atom. The second-order valence-corrected chi connectivity index (χ2v) is 16.2. The predicted octanol–water partition coefficient (Wildman–Crippen LogP) is 17.2. The molecule has 12 rings (SSSR count). The molecule has 0 fully saturated rings. The van der Waals surface area contributed by atoms with Crippen molar-refractivity contribution in [2.45, 2.75) is 0 Å². The fourth-order valence-electron chi connectivity index (χ4n) is 9.24. The highest BCUT2D eigenvalue weighted by molar-refractivity contribution is 6.09. The van der Waals surface area contributed by atoms with Gasteiger partial charge in [-0.25, -0.2) is 0 Å². The van der Waals surface area contributed by atoms with Gasteiger partial charge >= 0.3 is 0 Å². The van der Waals surface area contributed by atoms with Gasteiger partial charge in [0.1, 0.15) is 11.3 Å². The molecule has 2 nitrogen and oxygen atoms in total. The molecule has 290 valence electrons. The Morgan fingerprint density at radius 1 is 0.258 bits per heavy atom. The van der Waals surface area contributed by atoms with E-state index < -0.39 is 0 Å². The van der Waals surface area contributed by atoms with Gasteiger partial charge in [-0.3, -0.25) is 0 Å². The van der Waals surface area contributed by atoms with Gasteiger partial charge in [0.15, 0.2) is 0 Å². The van der Waals surface area contributed by atoms with Gasteiger partial charge in [-0.05, 0) is 137 Å². The Bertz CT molecular complexity index is 3600. The van der Waals surface area contributed by atoms with Crippen LogP contribution in [-0.2, 0) is 0 Å². The average Bonchev–Trinajstić information content (AvgIpc) is 3.79. The molecule has 0 amide bonds. The Labute approximate surface area is 360 Å². The van der Waals surface area contributed by atoms with Gasteiger partial charge < -0.3 is 9.32 Å². The third-order valence-electron chi connectivity index (χ3n) is 12.4. The lowest BCUT2D eigenvalue weighted by molar-refractivity contribution is 0.631. The molecule has 62 heavy (non-hydrogen) atoms. The van der Waals surface area contributed by atoms with Crippen LogP contribution < -0.4 is 4.90 Å². The summed E-state index contributed by atoms with van der Waals surface area (Å²) in [6, 6.07) is 85.6. The number of hydrogen-bond acceptors (Lipinski definition) is 2. The van der Waals surface area contributed by atoms with Gasteiger partial charge in [0.2, 0.25) is 0 Å². The van der Waals surface area contributed by atoms with E-state index in [0.717, 1.165) is 44.9 Å². The lowest BCUT2D eigenvalue weighted by Gasteiger charge is -2.26. The summed E-state index contributed by atoms with van der Waals surface area (Å²) in [4.78, 5) is 2.38. The normalized spacial score (nSPS) is 11.5. The zero-order valence-corrected chi connectivity index (χ0v) is 33.9. The first-order valence-electron chi connectivity index (χ1n) is 21.2. The molecule has 0 N–H and O–H groups in total. The molecule has 1 heterocycles. The molecule has 0 aliphatic carbocycles. The second kappa shape index (κ2) is 14.8. The van der Waals surface area contributed by atoms with Crippen LogP contribution in [0.15, 0.2) is 241 Å². The van der Waals surface area contributed by atoms with Crippen LogP contribution in [0.3, 0.4) is 0 Å². The highest BCUT2D eigenvalue weighted by atomic mass is 16.3. The molecule has 0 radical (unpaired) electrons. The summed E-state index contributed by atoms with van der Waals surface area (Å²) >= 11 is 0. The molecule has 0 aliphatic rings. The van der Waals surface area contributed by atoms with Crippen molar-refractivity contribution in [3.63, 3.8) is 0 Å². The lowest BCUT2D eigenvalue weighted by Crippen LogP contribution is -2.10. The molecular formula is C60H39NO. The first-order chi connectivity index (χ1) is 30.7. The molecule has 1 aromatic heterocycles. The maximum Gasteiger partial charge on any atom is 0.135 e. The molecule has 0 atom stereocenters. The van der Waals surface area contributed by atoms with Crippen molar-refractivity contribution >= 4 is 71.1 Å². The summed E-state index contributed by atoms with van der Waals surface area (Å²) in [5, 5.41) is 11.0. The Kier molecular flexibility index (Phi) is 8.53. The average molecular weight is 790 g/mol. The summed E-state index contributed by atoms with van der Waals surface area (Å²) < 4.78 is 6.22. The third-order valence-corrected chi connectivity index (χ3v) is 12.4. The van der Waals surface area contributed by atoms with Crippen molar-refractivity contribution in [1.29, 1.82) is 0 Å². The van der Waals surface area contributed by atoms with Crippen LogP contribution in [0.2, 0.25) is 0 Å². The highest BCUT2D eigenvalue weighted by Gasteiger charge is 2.16. The highest BCUT2D eigenvalue weighted by Crippen LogP contribution is 2.41. The van der Waals surface area contributed by atoms with Crippen LogP contribution in [-0.4, -0.2) is 0 Å². The molecule has 0 bridgehead atoms. The minimum absolute atomic E-state index is 0.878.